The third kappa shape index (κ3) is 16.6. The Hall–Kier alpha value is -0.260. The third-order valence-corrected chi connectivity index (χ3v) is 5.62. The Morgan fingerprint density at radius 3 is 1.33 bits per heavy atom. The van der Waals surface area contributed by atoms with E-state index in [0.717, 1.165) is 23.7 Å². The highest BCUT2D eigenvalue weighted by atomic mass is 14.1. The number of allylic oxidation sites excluding steroid dienone is 1. The lowest BCUT2D eigenvalue weighted by Crippen LogP contribution is -2.01. The molecule has 3 unspecified atom stereocenters. The monoisotopic (exact) mass is 336 g/mol. The molecule has 0 heterocycles. The molecule has 0 N–H and O–H groups in total. The van der Waals surface area contributed by atoms with Crippen molar-refractivity contribution in [1.29, 1.82) is 0 Å². The molecule has 0 fully saturated rings. The summed E-state index contributed by atoms with van der Waals surface area (Å²) in [5.41, 5.74) is 0. The van der Waals surface area contributed by atoms with Gasteiger partial charge < -0.3 is 0 Å². The van der Waals surface area contributed by atoms with E-state index in [2.05, 4.69) is 47.3 Å². The normalized spacial score (nSPS) is 15.4. The molecular formula is C24H48. The van der Waals surface area contributed by atoms with Gasteiger partial charge in [-0.1, -0.05) is 111 Å². The lowest BCUT2D eigenvalue weighted by Gasteiger charge is -2.15. The van der Waals surface area contributed by atoms with Crippen molar-refractivity contribution in [2.45, 2.75) is 118 Å². The minimum atomic E-state index is 0.877. The zero-order valence-electron chi connectivity index (χ0n) is 17.8. The van der Waals surface area contributed by atoms with Crippen LogP contribution in [0.5, 0.6) is 0 Å². The highest BCUT2D eigenvalue weighted by molar-refractivity contribution is 4.67. The fraction of sp³-hybridized carbons (Fsp3) is 0.917. The molecule has 0 aliphatic carbocycles. The van der Waals surface area contributed by atoms with E-state index >= 15 is 0 Å². The molecular weight excluding hydrogens is 288 g/mol. The summed E-state index contributed by atoms with van der Waals surface area (Å²) < 4.78 is 0. The maximum atomic E-state index is 3.81. The predicted octanol–water partition coefficient (Wildman–Crippen LogP) is 8.81. The van der Waals surface area contributed by atoms with Gasteiger partial charge in [0, 0.05) is 0 Å². The van der Waals surface area contributed by atoms with E-state index in [9.17, 15) is 0 Å². The molecule has 0 aromatic rings. The van der Waals surface area contributed by atoms with Crippen LogP contribution in [-0.4, -0.2) is 0 Å². The first kappa shape index (κ1) is 23.7. The summed E-state index contributed by atoms with van der Waals surface area (Å²) in [6.45, 7) is 15.8. The van der Waals surface area contributed by atoms with Crippen LogP contribution in [0.1, 0.15) is 118 Å². The fourth-order valence-corrected chi connectivity index (χ4v) is 3.72. The highest BCUT2D eigenvalue weighted by Gasteiger charge is 2.07. The second kappa shape index (κ2) is 16.2. The van der Waals surface area contributed by atoms with Gasteiger partial charge in [-0.3, -0.25) is 0 Å². The smallest absolute Gasteiger partial charge is 0.0353 e. The van der Waals surface area contributed by atoms with Gasteiger partial charge in [-0.25, -0.2) is 0 Å². The topological polar surface area (TPSA) is 0 Å². The number of unbranched alkanes of at least 4 members (excludes halogenated alkanes) is 2. The van der Waals surface area contributed by atoms with Crippen molar-refractivity contribution in [3.8, 4) is 0 Å². The van der Waals surface area contributed by atoms with Crippen molar-refractivity contribution in [3.05, 3.63) is 12.7 Å². The zero-order valence-corrected chi connectivity index (χ0v) is 17.8. The van der Waals surface area contributed by atoms with Crippen molar-refractivity contribution in [3.63, 3.8) is 0 Å². The Morgan fingerprint density at radius 1 is 0.542 bits per heavy atom. The summed E-state index contributed by atoms with van der Waals surface area (Å²) in [6.07, 6.45) is 20.3. The summed E-state index contributed by atoms with van der Waals surface area (Å²) >= 11 is 0. The van der Waals surface area contributed by atoms with E-state index in [0.29, 0.717) is 0 Å². The Kier molecular flexibility index (Phi) is 16.0. The summed E-state index contributed by atoms with van der Waals surface area (Å²) in [7, 11) is 0. The SMILES string of the molecule is C=CCCCC(C)CCCCC(C)CCCC(C)CCCC(C)C. The van der Waals surface area contributed by atoms with E-state index < -0.39 is 0 Å². The van der Waals surface area contributed by atoms with E-state index in [4.69, 9.17) is 0 Å². The molecule has 24 heavy (non-hydrogen) atoms. The van der Waals surface area contributed by atoms with Crippen molar-refractivity contribution in [2.24, 2.45) is 23.7 Å². The molecule has 0 nitrogen and oxygen atoms in total. The molecule has 0 saturated heterocycles. The molecule has 0 spiro atoms. The van der Waals surface area contributed by atoms with Crippen LogP contribution in [0.15, 0.2) is 12.7 Å². The van der Waals surface area contributed by atoms with Gasteiger partial charge in [-0.2, -0.15) is 0 Å². The standard InChI is InChI=1S/C24H48/c1-7-8-9-15-22(4)16-10-11-17-23(5)19-13-20-24(6)18-12-14-21(2)3/h7,21-24H,1,8-20H2,2-6H3. The highest BCUT2D eigenvalue weighted by Crippen LogP contribution is 2.22. The molecule has 0 rings (SSSR count). The van der Waals surface area contributed by atoms with E-state index in [1.165, 1.54) is 83.5 Å². The van der Waals surface area contributed by atoms with Crippen molar-refractivity contribution in [1.82, 2.24) is 0 Å². The Morgan fingerprint density at radius 2 is 0.917 bits per heavy atom. The van der Waals surface area contributed by atoms with Crippen LogP contribution in [0.4, 0.5) is 0 Å². The Bertz CT molecular complexity index is 265. The van der Waals surface area contributed by atoms with Gasteiger partial charge in [0.05, 0.1) is 0 Å². The van der Waals surface area contributed by atoms with Gasteiger partial charge >= 0.3 is 0 Å². The molecule has 0 amide bonds. The van der Waals surface area contributed by atoms with E-state index in [1.54, 1.807) is 0 Å². The Balaban J connectivity index is 3.45. The molecule has 0 heteroatoms. The zero-order chi connectivity index (χ0) is 18.2. The average molecular weight is 337 g/mol. The first-order chi connectivity index (χ1) is 11.5. The van der Waals surface area contributed by atoms with Gasteiger partial charge in [0.1, 0.15) is 0 Å². The quantitative estimate of drug-likeness (QED) is 0.184. The minimum absolute atomic E-state index is 0.877. The summed E-state index contributed by atoms with van der Waals surface area (Å²) in [5, 5.41) is 0. The van der Waals surface area contributed by atoms with Crippen molar-refractivity contribution < 1.29 is 0 Å². The van der Waals surface area contributed by atoms with Gasteiger partial charge in [0.2, 0.25) is 0 Å². The Labute approximate surface area is 154 Å². The molecule has 144 valence electrons. The van der Waals surface area contributed by atoms with Crippen LogP contribution in [0.25, 0.3) is 0 Å². The first-order valence-corrected chi connectivity index (χ1v) is 11.1. The van der Waals surface area contributed by atoms with Crippen LogP contribution in [0, 0.1) is 23.7 Å². The van der Waals surface area contributed by atoms with Crippen LogP contribution < -0.4 is 0 Å². The predicted molar refractivity (Wildman–Crippen MR) is 113 cm³/mol. The van der Waals surface area contributed by atoms with Crippen molar-refractivity contribution in [2.75, 3.05) is 0 Å². The van der Waals surface area contributed by atoms with E-state index in [-0.39, 0.29) is 0 Å². The molecule has 0 radical (unpaired) electrons. The molecule has 0 aromatic heterocycles. The molecule has 0 aliphatic heterocycles. The van der Waals surface area contributed by atoms with Crippen LogP contribution >= 0.6 is 0 Å². The number of hydrogen-bond donors (Lipinski definition) is 0. The molecule has 0 aromatic carbocycles. The molecule has 0 saturated carbocycles. The maximum absolute atomic E-state index is 3.81. The lowest BCUT2D eigenvalue weighted by molar-refractivity contribution is 0.378. The molecule has 3 atom stereocenters. The van der Waals surface area contributed by atoms with Gasteiger partial charge in [-0.15, -0.1) is 6.58 Å². The fourth-order valence-electron chi connectivity index (χ4n) is 3.72. The van der Waals surface area contributed by atoms with Gasteiger partial charge in [0.15, 0.2) is 0 Å². The minimum Gasteiger partial charge on any atom is -0.103 e. The first-order valence-electron chi connectivity index (χ1n) is 11.1. The lowest BCUT2D eigenvalue weighted by atomic mass is 9.91. The van der Waals surface area contributed by atoms with Gasteiger partial charge in [-0.05, 0) is 36.5 Å². The maximum Gasteiger partial charge on any atom is -0.0353 e. The number of rotatable bonds is 17. The van der Waals surface area contributed by atoms with Crippen LogP contribution in [0.2, 0.25) is 0 Å². The summed E-state index contributed by atoms with van der Waals surface area (Å²) in [5.74, 6) is 3.66. The second-order valence-corrected chi connectivity index (χ2v) is 9.08. The largest absolute Gasteiger partial charge is 0.103 e. The molecule has 0 bridgehead atoms. The third-order valence-electron chi connectivity index (χ3n) is 5.62. The average Bonchev–Trinajstić information content (AvgIpc) is 2.51. The van der Waals surface area contributed by atoms with Crippen LogP contribution in [-0.2, 0) is 0 Å². The van der Waals surface area contributed by atoms with E-state index in [1.807, 2.05) is 0 Å². The molecule has 0 aliphatic rings. The van der Waals surface area contributed by atoms with Crippen LogP contribution in [0.3, 0.4) is 0 Å². The van der Waals surface area contributed by atoms with Gasteiger partial charge in [0.25, 0.3) is 0 Å². The second-order valence-electron chi connectivity index (χ2n) is 9.08. The number of hydrogen-bond acceptors (Lipinski definition) is 0. The summed E-state index contributed by atoms with van der Waals surface area (Å²) in [6, 6.07) is 0. The summed E-state index contributed by atoms with van der Waals surface area (Å²) in [4.78, 5) is 0. The van der Waals surface area contributed by atoms with Crippen molar-refractivity contribution >= 4 is 0 Å².